The van der Waals surface area contributed by atoms with Crippen LogP contribution in [0.1, 0.15) is 42.9 Å². The number of ether oxygens (including phenoxy) is 2. The molecule has 3 rings (SSSR count). The van der Waals surface area contributed by atoms with Gasteiger partial charge in [-0.2, -0.15) is 0 Å². The topological polar surface area (TPSA) is 67.9 Å². The fourth-order valence-corrected chi connectivity index (χ4v) is 4.44. The lowest BCUT2D eigenvalue weighted by molar-refractivity contribution is -0.140. The monoisotopic (exact) mass is 536 g/mol. The number of unbranched alkanes of at least 4 members (excludes halogenated alkanes) is 2. The second kappa shape index (κ2) is 15.0. The molecule has 0 bridgehead atoms. The summed E-state index contributed by atoms with van der Waals surface area (Å²) in [6, 6.07) is 21.9. The SMILES string of the molecule is CCCCCNC(=O)[C@H](Cc1ccccc1)N(Cc1ccc(Cl)cc1)C(=O)Cc1ccc(OC)c(OC)c1. The quantitative estimate of drug-likeness (QED) is 0.263. The average molecular weight is 537 g/mol. The van der Waals surface area contributed by atoms with Gasteiger partial charge >= 0.3 is 0 Å². The number of hydrogen-bond donors (Lipinski definition) is 1. The van der Waals surface area contributed by atoms with Crippen LogP contribution in [0.25, 0.3) is 0 Å². The summed E-state index contributed by atoms with van der Waals surface area (Å²) in [6.45, 7) is 2.99. The highest BCUT2D eigenvalue weighted by Crippen LogP contribution is 2.28. The normalized spacial score (nSPS) is 11.5. The minimum Gasteiger partial charge on any atom is -0.493 e. The van der Waals surface area contributed by atoms with Gasteiger partial charge in [0.15, 0.2) is 11.5 Å². The number of rotatable bonds is 14. The van der Waals surface area contributed by atoms with Gasteiger partial charge in [0.05, 0.1) is 20.6 Å². The standard InChI is InChI=1S/C31H37ClN2O4/c1-4-5-9-18-33-31(36)27(19-23-10-7-6-8-11-23)34(22-24-12-15-26(32)16-13-24)30(35)21-25-14-17-28(37-2)29(20-25)38-3/h6-8,10-17,20,27H,4-5,9,18-19,21-22H2,1-3H3,(H,33,36)/t27-/m0/s1. The Labute approximate surface area is 230 Å². The van der Waals surface area contributed by atoms with Gasteiger partial charge in [0.2, 0.25) is 11.8 Å². The Hall–Kier alpha value is -3.51. The van der Waals surface area contributed by atoms with Crippen LogP contribution in [0.3, 0.4) is 0 Å². The van der Waals surface area contributed by atoms with E-state index in [4.69, 9.17) is 21.1 Å². The number of hydrogen-bond acceptors (Lipinski definition) is 4. The van der Waals surface area contributed by atoms with Gasteiger partial charge in [0.25, 0.3) is 0 Å². The third kappa shape index (κ3) is 8.52. The Morgan fingerprint density at radius 1 is 0.868 bits per heavy atom. The highest BCUT2D eigenvalue weighted by molar-refractivity contribution is 6.30. The fourth-order valence-electron chi connectivity index (χ4n) is 4.31. The first kappa shape index (κ1) is 29.1. The average Bonchev–Trinajstić information content (AvgIpc) is 2.94. The van der Waals surface area contributed by atoms with Crippen LogP contribution in [0.15, 0.2) is 72.8 Å². The van der Waals surface area contributed by atoms with Crippen molar-refractivity contribution < 1.29 is 19.1 Å². The summed E-state index contributed by atoms with van der Waals surface area (Å²) in [5.41, 5.74) is 2.66. The van der Waals surface area contributed by atoms with Crippen molar-refractivity contribution in [3.05, 3.63) is 94.5 Å². The van der Waals surface area contributed by atoms with Crippen molar-refractivity contribution in [1.29, 1.82) is 0 Å². The van der Waals surface area contributed by atoms with Crippen molar-refractivity contribution in [2.75, 3.05) is 20.8 Å². The molecule has 202 valence electrons. The molecule has 6 nitrogen and oxygen atoms in total. The van der Waals surface area contributed by atoms with E-state index < -0.39 is 6.04 Å². The number of carbonyl (C=O) groups excluding carboxylic acids is 2. The molecule has 0 aliphatic rings. The molecular weight excluding hydrogens is 500 g/mol. The number of carbonyl (C=O) groups is 2. The molecule has 0 spiro atoms. The van der Waals surface area contributed by atoms with E-state index in [-0.39, 0.29) is 24.8 Å². The predicted molar refractivity (Wildman–Crippen MR) is 152 cm³/mol. The summed E-state index contributed by atoms with van der Waals surface area (Å²) >= 11 is 6.11. The molecule has 0 radical (unpaired) electrons. The van der Waals surface area contributed by atoms with Crippen LogP contribution in [0.2, 0.25) is 5.02 Å². The Morgan fingerprint density at radius 2 is 1.55 bits per heavy atom. The van der Waals surface area contributed by atoms with Crippen LogP contribution in [0.4, 0.5) is 0 Å². The van der Waals surface area contributed by atoms with Crippen molar-refractivity contribution in [3.8, 4) is 11.5 Å². The van der Waals surface area contributed by atoms with E-state index in [0.29, 0.717) is 29.5 Å². The van der Waals surface area contributed by atoms with E-state index in [0.717, 1.165) is 36.0 Å². The van der Waals surface area contributed by atoms with Gasteiger partial charge in [-0.25, -0.2) is 0 Å². The molecule has 0 aliphatic heterocycles. The van der Waals surface area contributed by atoms with Crippen molar-refractivity contribution in [2.24, 2.45) is 0 Å². The first-order valence-corrected chi connectivity index (χ1v) is 13.4. The van der Waals surface area contributed by atoms with Crippen LogP contribution >= 0.6 is 11.6 Å². The molecule has 0 aliphatic carbocycles. The first-order valence-electron chi connectivity index (χ1n) is 13.0. The van der Waals surface area contributed by atoms with Crippen molar-refractivity contribution in [2.45, 2.75) is 51.6 Å². The third-order valence-electron chi connectivity index (χ3n) is 6.42. The van der Waals surface area contributed by atoms with E-state index in [2.05, 4.69) is 12.2 Å². The molecule has 38 heavy (non-hydrogen) atoms. The maximum Gasteiger partial charge on any atom is 0.243 e. The van der Waals surface area contributed by atoms with Crippen LogP contribution in [-0.4, -0.2) is 43.5 Å². The molecule has 0 saturated carbocycles. The first-order chi connectivity index (χ1) is 18.4. The molecule has 1 atom stereocenters. The van der Waals surface area contributed by atoms with Gasteiger partial charge in [0.1, 0.15) is 6.04 Å². The zero-order chi connectivity index (χ0) is 27.3. The lowest BCUT2D eigenvalue weighted by atomic mass is 10.0. The third-order valence-corrected chi connectivity index (χ3v) is 6.67. The minimum absolute atomic E-state index is 0.113. The molecular formula is C31H37ClN2O4. The highest BCUT2D eigenvalue weighted by atomic mass is 35.5. The summed E-state index contributed by atoms with van der Waals surface area (Å²) < 4.78 is 10.8. The van der Waals surface area contributed by atoms with Crippen LogP contribution < -0.4 is 14.8 Å². The van der Waals surface area contributed by atoms with E-state index in [1.807, 2.05) is 48.5 Å². The Bertz CT molecular complexity index is 1170. The van der Waals surface area contributed by atoms with Crippen LogP contribution in [0, 0.1) is 0 Å². The summed E-state index contributed by atoms with van der Waals surface area (Å²) in [4.78, 5) is 29.2. The number of nitrogens with zero attached hydrogens (tertiary/aromatic N) is 1. The fraction of sp³-hybridized carbons (Fsp3) is 0.355. The molecule has 0 saturated heterocycles. The summed E-state index contributed by atoms with van der Waals surface area (Å²) in [7, 11) is 3.14. The number of halogens is 1. The van der Waals surface area contributed by atoms with Gasteiger partial charge in [-0.05, 0) is 47.4 Å². The number of benzene rings is 3. The summed E-state index contributed by atoms with van der Waals surface area (Å²) in [6.07, 6.45) is 3.53. The maximum atomic E-state index is 13.9. The minimum atomic E-state index is -0.678. The van der Waals surface area contributed by atoms with Gasteiger partial charge in [-0.3, -0.25) is 9.59 Å². The lowest BCUT2D eigenvalue weighted by Crippen LogP contribution is -2.51. The zero-order valence-electron chi connectivity index (χ0n) is 22.4. The maximum absolute atomic E-state index is 13.9. The number of amides is 2. The highest BCUT2D eigenvalue weighted by Gasteiger charge is 2.30. The molecule has 0 heterocycles. The number of nitrogens with one attached hydrogen (secondary N) is 1. The molecule has 0 fully saturated rings. The Balaban J connectivity index is 1.93. The predicted octanol–water partition coefficient (Wildman–Crippen LogP) is 5.85. The largest absolute Gasteiger partial charge is 0.493 e. The summed E-state index contributed by atoms with van der Waals surface area (Å²) in [5, 5.41) is 3.69. The molecule has 0 unspecified atom stereocenters. The molecule has 3 aromatic carbocycles. The molecule has 0 aromatic heterocycles. The van der Waals surface area contributed by atoms with Gasteiger partial charge in [-0.1, -0.05) is 79.9 Å². The van der Waals surface area contributed by atoms with Gasteiger partial charge in [-0.15, -0.1) is 0 Å². The molecule has 2 amide bonds. The lowest BCUT2D eigenvalue weighted by Gasteiger charge is -2.32. The van der Waals surface area contributed by atoms with Crippen molar-refractivity contribution in [1.82, 2.24) is 10.2 Å². The molecule has 3 aromatic rings. The van der Waals surface area contributed by atoms with Crippen LogP contribution in [0.5, 0.6) is 11.5 Å². The van der Waals surface area contributed by atoms with E-state index in [1.54, 1.807) is 43.4 Å². The van der Waals surface area contributed by atoms with Gasteiger partial charge in [0, 0.05) is 24.5 Å². The van der Waals surface area contributed by atoms with Gasteiger partial charge < -0.3 is 19.7 Å². The van der Waals surface area contributed by atoms with E-state index >= 15 is 0 Å². The summed E-state index contributed by atoms with van der Waals surface area (Å²) in [5.74, 6) is 0.836. The smallest absolute Gasteiger partial charge is 0.243 e. The van der Waals surface area contributed by atoms with Crippen LogP contribution in [-0.2, 0) is 29.0 Å². The van der Waals surface area contributed by atoms with Crippen molar-refractivity contribution >= 4 is 23.4 Å². The second-order valence-electron chi connectivity index (χ2n) is 9.22. The Kier molecular flexibility index (Phi) is 11.5. The van der Waals surface area contributed by atoms with Crippen molar-refractivity contribution in [3.63, 3.8) is 0 Å². The van der Waals surface area contributed by atoms with E-state index in [9.17, 15) is 9.59 Å². The second-order valence-corrected chi connectivity index (χ2v) is 9.65. The zero-order valence-corrected chi connectivity index (χ0v) is 23.2. The van der Waals surface area contributed by atoms with E-state index in [1.165, 1.54) is 0 Å². The molecule has 1 N–H and O–H groups in total. The molecule has 7 heteroatoms. The Morgan fingerprint density at radius 3 is 2.21 bits per heavy atom. The number of methoxy groups -OCH3 is 2.